The lowest BCUT2D eigenvalue weighted by Gasteiger charge is -2.13. The molecular weight excluding hydrogens is 416 g/mol. The molecule has 0 aliphatic rings. The van der Waals surface area contributed by atoms with Crippen LogP contribution in [0.1, 0.15) is 15.9 Å². The molecule has 0 aliphatic heterocycles. The van der Waals surface area contributed by atoms with E-state index in [4.69, 9.17) is 16.0 Å². The number of rotatable bonds is 5. The summed E-state index contributed by atoms with van der Waals surface area (Å²) in [5, 5.41) is 3.47. The van der Waals surface area contributed by atoms with Gasteiger partial charge in [0.25, 0.3) is 5.91 Å². The predicted octanol–water partition coefficient (Wildman–Crippen LogP) is 6.94. The summed E-state index contributed by atoms with van der Waals surface area (Å²) in [6.45, 7) is 2.04. The first-order valence-electron chi connectivity index (χ1n) is 9.31. The van der Waals surface area contributed by atoms with Gasteiger partial charge in [0.2, 0.25) is 5.89 Å². The first kappa shape index (κ1) is 20.3. The number of hydrogen-bond acceptors (Lipinski definition) is 4. The van der Waals surface area contributed by atoms with Crippen molar-refractivity contribution < 1.29 is 9.21 Å². The van der Waals surface area contributed by atoms with Gasteiger partial charge in [0, 0.05) is 16.1 Å². The molecule has 0 fully saturated rings. The first-order valence-corrected chi connectivity index (χ1v) is 10.9. The Morgan fingerprint density at radius 2 is 1.83 bits per heavy atom. The maximum absolute atomic E-state index is 13.2. The second-order valence-electron chi connectivity index (χ2n) is 6.76. The molecule has 0 spiro atoms. The summed E-state index contributed by atoms with van der Waals surface area (Å²) in [6.07, 6.45) is 5.06. The number of oxazole rings is 1. The fourth-order valence-corrected chi connectivity index (χ4v) is 3.78. The monoisotopic (exact) mass is 434 g/mol. The highest BCUT2D eigenvalue weighted by molar-refractivity contribution is 7.98. The number of halogens is 1. The van der Waals surface area contributed by atoms with Gasteiger partial charge in [-0.1, -0.05) is 41.4 Å². The Bertz CT molecular complexity index is 1190. The number of hydrogen-bond donors (Lipinski definition) is 1. The summed E-state index contributed by atoms with van der Waals surface area (Å²) < 4.78 is 5.35. The van der Waals surface area contributed by atoms with E-state index in [9.17, 15) is 4.79 Å². The van der Waals surface area contributed by atoms with Gasteiger partial charge in [-0.3, -0.25) is 4.79 Å². The molecule has 1 amide bonds. The summed E-state index contributed by atoms with van der Waals surface area (Å²) in [7, 11) is 0. The number of aryl methyl sites for hydroxylation is 1. The number of nitrogens with one attached hydrogen (secondary N) is 1. The molecule has 150 valence electrons. The summed E-state index contributed by atoms with van der Waals surface area (Å²) in [4.78, 5) is 18.4. The molecule has 0 saturated carbocycles. The number of aromatic nitrogens is 1. The normalized spacial score (nSPS) is 10.8. The van der Waals surface area contributed by atoms with Gasteiger partial charge in [-0.15, -0.1) is 11.8 Å². The van der Waals surface area contributed by atoms with Crippen molar-refractivity contribution in [2.45, 2.75) is 11.8 Å². The molecule has 3 aromatic carbocycles. The lowest BCUT2D eigenvalue weighted by molar-refractivity contribution is 0.102. The number of anilines is 1. The van der Waals surface area contributed by atoms with Crippen LogP contribution in [0.4, 0.5) is 5.69 Å². The van der Waals surface area contributed by atoms with Crippen LogP contribution in [0.3, 0.4) is 0 Å². The number of carbonyl (C=O) groups is 1. The molecule has 0 radical (unpaired) electrons. The Morgan fingerprint density at radius 3 is 2.53 bits per heavy atom. The van der Waals surface area contributed by atoms with E-state index in [-0.39, 0.29) is 5.91 Å². The highest BCUT2D eigenvalue weighted by atomic mass is 35.5. The quantitative estimate of drug-likeness (QED) is 0.345. The summed E-state index contributed by atoms with van der Waals surface area (Å²) in [6, 6.07) is 19.3. The van der Waals surface area contributed by atoms with Crippen molar-refractivity contribution in [1.29, 1.82) is 0 Å². The van der Waals surface area contributed by atoms with Crippen LogP contribution in [0.2, 0.25) is 5.02 Å². The number of nitrogens with zero attached hydrogens (tertiary/aromatic N) is 1. The molecule has 4 nitrogen and oxygen atoms in total. The van der Waals surface area contributed by atoms with Gasteiger partial charge in [0.05, 0.1) is 16.8 Å². The van der Waals surface area contributed by atoms with Crippen LogP contribution in [0.25, 0.3) is 22.6 Å². The van der Waals surface area contributed by atoms with Crippen LogP contribution in [-0.2, 0) is 0 Å². The third-order valence-corrected chi connectivity index (χ3v) is 5.78. The van der Waals surface area contributed by atoms with Crippen molar-refractivity contribution in [1.82, 2.24) is 4.98 Å². The zero-order valence-electron chi connectivity index (χ0n) is 16.5. The molecule has 4 rings (SSSR count). The molecule has 0 bridgehead atoms. The van der Waals surface area contributed by atoms with Crippen LogP contribution >= 0.6 is 23.4 Å². The second kappa shape index (κ2) is 8.78. The molecule has 0 unspecified atom stereocenters. The van der Waals surface area contributed by atoms with Crippen LogP contribution in [-0.4, -0.2) is 17.1 Å². The average Bonchev–Trinajstić information content (AvgIpc) is 3.30. The lowest BCUT2D eigenvalue weighted by atomic mass is 9.98. The molecule has 6 heteroatoms. The highest BCUT2D eigenvalue weighted by Gasteiger charge is 2.16. The van der Waals surface area contributed by atoms with Crippen LogP contribution in [0.15, 0.2) is 82.4 Å². The van der Waals surface area contributed by atoms with E-state index in [0.717, 1.165) is 16.0 Å². The molecule has 1 heterocycles. The summed E-state index contributed by atoms with van der Waals surface area (Å²) in [5.41, 5.74) is 4.90. The molecule has 0 aliphatic carbocycles. The number of carbonyl (C=O) groups excluding carboxylic acids is 1. The molecule has 30 heavy (non-hydrogen) atoms. The number of thioether (sulfide) groups is 1. The van der Waals surface area contributed by atoms with Crippen molar-refractivity contribution in [2.75, 3.05) is 11.6 Å². The minimum absolute atomic E-state index is 0.195. The van der Waals surface area contributed by atoms with Crippen molar-refractivity contribution in [3.05, 3.63) is 89.3 Å². The predicted molar refractivity (Wildman–Crippen MR) is 123 cm³/mol. The fourth-order valence-electron chi connectivity index (χ4n) is 3.14. The third kappa shape index (κ3) is 4.27. The van der Waals surface area contributed by atoms with Gasteiger partial charge in [-0.05, 0) is 60.7 Å². The van der Waals surface area contributed by atoms with Crippen LogP contribution in [0, 0.1) is 6.92 Å². The SMILES string of the molecule is CSc1ccc(C(=O)Nc2ccc(Cl)c(-c3ncco3)c2)c(-c2ccc(C)cc2)c1. The van der Waals surface area contributed by atoms with Crippen molar-refractivity contribution in [3.8, 4) is 22.6 Å². The standard InChI is InChI=1S/C24H19ClN2O2S/c1-15-3-5-16(6-4-15)20-14-18(30-2)8-9-19(20)23(28)27-17-7-10-22(25)21(13-17)24-26-11-12-29-24/h3-14H,1-2H3,(H,27,28). The van der Waals surface area contributed by atoms with Crippen molar-refractivity contribution in [2.24, 2.45) is 0 Å². The van der Waals surface area contributed by atoms with Crippen molar-refractivity contribution in [3.63, 3.8) is 0 Å². The molecule has 0 atom stereocenters. The van der Waals surface area contributed by atoms with Gasteiger partial charge in [0.15, 0.2) is 0 Å². The number of amides is 1. The lowest BCUT2D eigenvalue weighted by Crippen LogP contribution is -2.13. The first-order chi connectivity index (χ1) is 14.5. The minimum Gasteiger partial charge on any atom is -0.444 e. The van der Waals surface area contributed by atoms with E-state index in [2.05, 4.69) is 10.3 Å². The van der Waals surface area contributed by atoms with E-state index < -0.39 is 0 Å². The van der Waals surface area contributed by atoms with Gasteiger partial charge in [-0.2, -0.15) is 0 Å². The van der Waals surface area contributed by atoms with Crippen molar-refractivity contribution >= 4 is 35.0 Å². The van der Waals surface area contributed by atoms with Crippen LogP contribution < -0.4 is 5.32 Å². The maximum atomic E-state index is 13.2. The van der Waals surface area contributed by atoms with Gasteiger partial charge in [-0.25, -0.2) is 4.98 Å². The molecule has 1 aromatic heterocycles. The second-order valence-corrected chi connectivity index (χ2v) is 8.05. The zero-order valence-corrected chi connectivity index (χ0v) is 18.1. The Balaban J connectivity index is 1.69. The summed E-state index contributed by atoms with van der Waals surface area (Å²) >= 11 is 7.92. The van der Waals surface area contributed by atoms with Gasteiger partial charge >= 0.3 is 0 Å². The Kier molecular flexibility index (Phi) is 5.93. The van der Waals surface area contributed by atoms with E-state index in [1.165, 1.54) is 11.8 Å². The maximum Gasteiger partial charge on any atom is 0.256 e. The molecule has 1 N–H and O–H groups in total. The number of benzene rings is 3. The molecular formula is C24H19ClN2O2S. The van der Waals surface area contributed by atoms with E-state index in [1.54, 1.807) is 36.2 Å². The largest absolute Gasteiger partial charge is 0.444 e. The Morgan fingerprint density at radius 1 is 1.03 bits per heavy atom. The zero-order chi connectivity index (χ0) is 21.1. The van der Waals surface area contributed by atoms with Gasteiger partial charge in [0.1, 0.15) is 6.26 Å². The average molecular weight is 435 g/mol. The van der Waals surface area contributed by atoms with Gasteiger partial charge < -0.3 is 9.73 Å². The minimum atomic E-state index is -0.195. The van der Waals surface area contributed by atoms with E-state index >= 15 is 0 Å². The topological polar surface area (TPSA) is 55.1 Å². The molecule has 4 aromatic rings. The fraction of sp³-hybridized carbons (Fsp3) is 0.0833. The summed E-state index contributed by atoms with van der Waals surface area (Å²) in [5.74, 6) is 0.208. The molecule has 0 saturated heterocycles. The Labute approximate surface area is 184 Å². The van der Waals surface area contributed by atoms with E-state index in [0.29, 0.717) is 27.7 Å². The third-order valence-electron chi connectivity index (χ3n) is 4.72. The van der Waals surface area contributed by atoms with Crippen LogP contribution in [0.5, 0.6) is 0 Å². The Hall–Kier alpha value is -3.02. The highest BCUT2D eigenvalue weighted by Crippen LogP contribution is 2.32. The smallest absolute Gasteiger partial charge is 0.256 e. The van der Waals surface area contributed by atoms with E-state index in [1.807, 2.05) is 55.6 Å².